The fraction of sp³-hybridized carbons (Fsp3) is 0.529. The molecule has 1 heterocycles. The van der Waals surface area contributed by atoms with Crippen molar-refractivity contribution in [2.75, 3.05) is 0 Å². The first kappa shape index (κ1) is 19.0. The number of H-pyrrole nitrogens is 1. The van der Waals surface area contributed by atoms with Gasteiger partial charge in [-0.2, -0.15) is 5.21 Å². The number of aliphatic hydroxyl groups is 1. The van der Waals surface area contributed by atoms with Crippen LogP contribution in [0.2, 0.25) is 0 Å². The van der Waals surface area contributed by atoms with E-state index in [2.05, 4.69) is 25.9 Å². The summed E-state index contributed by atoms with van der Waals surface area (Å²) in [5.41, 5.74) is 7.20. The third-order valence-electron chi connectivity index (χ3n) is 4.26. The molecule has 1 aromatic carbocycles. The molecule has 5 N–H and O–H groups in total. The lowest BCUT2D eigenvalue weighted by Gasteiger charge is -2.26. The van der Waals surface area contributed by atoms with Crippen molar-refractivity contribution in [3.63, 3.8) is 0 Å². The number of amides is 1. The van der Waals surface area contributed by atoms with Crippen LogP contribution in [0.4, 0.5) is 0 Å². The molecule has 0 saturated heterocycles. The molecule has 0 saturated carbocycles. The normalized spacial score (nSPS) is 14.9. The van der Waals surface area contributed by atoms with Crippen LogP contribution in [-0.2, 0) is 17.8 Å². The first-order chi connectivity index (χ1) is 12.0. The molecule has 0 aliphatic rings. The zero-order valence-electron chi connectivity index (χ0n) is 14.6. The van der Waals surface area contributed by atoms with Gasteiger partial charge in [-0.1, -0.05) is 49.4 Å². The van der Waals surface area contributed by atoms with Crippen LogP contribution in [0.5, 0.6) is 0 Å². The number of aromatic amines is 1. The molecule has 0 unspecified atom stereocenters. The molecule has 136 valence electrons. The number of benzene rings is 1. The van der Waals surface area contributed by atoms with E-state index in [0.717, 1.165) is 5.56 Å². The summed E-state index contributed by atoms with van der Waals surface area (Å²) in [6, 6.07) is 9.35. The van der Waals surface area contributed by atoms with Crippen molar-refractivity contribution in [2.45, 2.75) is 45.4 Å². The monoisotopic (exact) mass is 346 g/mol. The maximum atomic E-state index is 12.4. The average molecular weight is 346 g/mol. The maximum absolute atomic E-state index is 12.4. The summed E-state index contributed by atoms with van der Waals surface area (Å²) in [7, 11) is 0. The number of aromatic nitrogens is 4. The average Bonchev–Trinajstić information content (AvgIpc) is 3.11. The van der Waals surface area contributed by atoms with E-state index < -0.39 is 12.1 Å². The summed E-state index contributed by atoms with van der Waals surface area (Å²) in [5, 5.41) is 26.6. The topological polar surface area (TPSA) is 130 Å². The molecule has 1 aromatic heterocycles. The molecule has 2 aromatic rings. The number of carbonyl (C=O) groups excluding carboxylic acids is 1. The fourth-order valence-corrected chi connectivity index (χ4v) is 2.69. The van der Waals surface area contributed by atoms with Crippen molar-refractivity contribution < 1.29 is 9.90 Å². The quantitative estimate of drug-likeness (QED) is 0.520. The molecule has 3 atom stereocenters. The zero-order valence-corrected chi connectivity index (χ0v) is 14.6. The second kappa shape index (κ2) is 9.24. The number of nitrogens with one attached hydrogen (secondary N) is 2. The Hall–Kier alpha value is -2.32. The summed E-state index contributed by atoms with van der Waals surface area (Å²) in [5.74, 6) is -0.00416. The van der Waals surface area contributed by atoms with Crippen LogP contribution in [0.3, 0.4) is 0 Å². The van der Waals surface area contributed by atoms with E-state index in [1.165, 1.54) is 0 Å². The Balaban J connectivity index is 1.89. The van der Waals surface area contributed by atoms with Gasteiger partial charge in [-0.25, -0.2) is 0 Å². The SMILES string of the molecule is CC(C)[C@H](C[C@H](O)[C@@H](N)Cc1ccccc1)C(=O)NCc1nn[nH]n1. The van der Waals surface area contributed by atoms with Gasteiger partial charge in [0, 0.05) is 12.0 Å². The second-order valence-corrected chi connectivity index (χ2v) is 6.55. The number of hydrogen-bond donors (Lipinski definition) is 4. The van der Waals surface area contributed by atoms with Gasteiger partial charge in [0.25, 0.3) is 0 Å². The molecule has 0 spiro atoms. The molecular weight excluding hydrogens is 320 g/mol. The van der Waals surface area contributed by atoms with E-state index in [1.807, 2.05) is 44.2 Å². The largest absolute Gasteiger partial charge is 0.391 e. The lowest BCUT2D eigenvalue weighted by molar-refractivity contribution is -0.127. The predicted molar refractivity (Wildman–Crippen MR) is 93.1 cm³/mol. The first-order valence-electron chi connectivity index (χ1n) is 8.45. The number of hydrogen-bond acceptors (Lipinski definition) is 6. The number of carbonyl (C=O) groups is 1. The van der Waals surface area contributed by atoms with E-state index in [9.17, 15) is 9.90 Å². The van der Waals surface area contributed by atoms with Gasteiger partial charge in [0.05, 0.1) is 12.6 Å². The van der Waals surface area contributed by atoms with Gasteiger partial charge in [0.2, 0.25) is 5.91 Å². The van der Waals surface area contributed by atoms with Gasteiger partial charge in [-0.05, 0) is 24.3 Å². The number of nitrogens with zero attached hydrogens (tertiary/aromatic N) is 3. The smallest absolute Gasteiger partial charge is 0.223 e. The number of rotatable bonds is 9. The number of nitrogens with two attached hydrogens (primary N) is 1. The van der Waals surface area contributed by atoms with Crippen molar-refractivity contribution >= 4 is 5.91 Å². The standard InChI is InChI=1S/C17H26N6O2/c1-11(2)13(17(25)19-10-16-20-22-23-21-16)9-15(24)14(18)8-12-6-4-3-5-7-12/h3-7,11,13-15,24H,8-10,18H2,1-2H3,(H,19,25)(H,20,21,22,23)/t13-,14-,15-/m0/s1. The molecular formula is C17H26N6O2. The van der Waals surface area contributed by atoms with E-state index in [1.54, 1.807) is 0 Å². The molecule has 0 fully saturated rings. The lowest BCUT2D eigenvalue weighted by Crippen LogP contribution is -2.42. The number of tetrazole rings is 1. The van der Waals surface area contributed by atoms with Crippen molar-refractivity contribution in [2.24, 2.45) is 17.6 Å². The first-order valence-corrected chi connectivity index (χ1v) is 8.45. The van der Waals surface area contributed by atoms with Gasteiger partial charge in [0.15, 0.2) is 5.82 Å². The summed E-state index contributed by atoms with van der Waals surface area (Å²) in [6.07, 6.45) is 0.115. The third kappa shape index (κ3) is 5.91. The minimum Gasteiger partial charge on any atom is -0.391 e. The van der Waals surface area contributed by atoms with E-state index in [-0.39, 0.29) is 24.3 Å². The molecule has 0 radical (unpaired) electrons. The second-order valence-electron chi connectivity index (χ2n) is 6.55. The molecule has 2 rings (SSSR count). The molecule has 8 nitrogen and oxygen atoms in total. The van der Waals surface area contributed by atoms with Crippen molar-refractivity contribution in [3.8, 4) is 0 Å². The van der Waals surface area contributed by atoms with E-state index in [0.29, 0.717) is 18.7 Å². The summed E-state index contributed by atoms with van der Waals surface area (Å²) < 4.78 is 0. The highest BCUT2D eigenvalue weighted by atomic mass is 16.3. The Bertz CT molecular complexity index is 632. The Morgan fingerprint density at radius 2 is 2.04 bits per heavy atom. The molecule has 0 aliphatic carbocycles. The Morgan fingerprint density at radius 3 is 2.64 bits per heavy atom. The van der Waals surface area contributed by atoms with E-state index in [4.69, 9.17) is 5.73 Å². The predicted octanol–water partition coefficient (Wildman–Crippen LogP) is 0.409. The van der Waals surface area contributed by atoms with Crippen LogP contribution in [0, 0.1) is 11.8 Å². The van der Waals surface area contributed by atoms with Crippen molar-refractivity contribution in [1.82, 2.24) is 25.9 Å². The van der Waals surface area contributed by atoms with Crippen molar-refractivity contribution in [1.29, 1.82) is 0 Å². The number of aliphatic hydroxyl groups excluding tert-OH is 1. The fourth-order valence-electron chi connectivity index (χ4n) is 2.69. The van der Waals surface area contributed by atoms with Crippen LogP contribution in [0.15, 0.2) is 30.3 Å². The Morgan fingerprint density at radius 1 is 1.32 bits per heavy atom. The summed E-state index contributed by atoms with van der Waals surface area (Å²) in [4.78, 5) is 12.4. The molecule has 0 aliphatic heterocycles. The Kier molecular flexibility index (Phi) is 7.03. The summed E-state index contributed by atoms with van der Waals surface area (Å²) in [6.45, 7) is 4.10. The van der Waals surface area contributed by atoms with Crippen molar-refractivity contribution in [3.05, 3.63) is 41.7 Å². The van der Waals surface area contributed by atoms with Gasteiger partial charge in [0.1, 0.15) is 0 Å². The molecule has 1 amide bonds. The van der Waals surface area contributed by atoms with Gasteiger partial charge in [-0.3, -0.25) is 4.79 Å². The maximum Gasteiger partial charge on any atom is 0.223 e. The molecule has 0 bridgehead atoms. The van der Waals surface area contributed by atoms with Crippen LogP contribution in [-0.4, -0.2) is 43.8 Å². The van der Waals surface area contributed by atoms with Crippen LogP contribution >= 0.6 is 0 Å². The third-order valence-corrected chi connectivity index (χ3v) is 4.26. The molecule has 25 heavy (non-hydrogen) atoms. The van der Waals surface area contributed by atoms with Crippen LogP contribution in [0.1, 0.15) is 31.7 Å². The van der Waals surface area contributed by atoms with E-state index >= 15 is 0 Å². The van der Waals surface area contributed by atoms with Gasteiger partial charge >= 0.3 is 0 Å². The van der Waals surface area contributed by atoms with Crippen LogP contribution in [0.25, 0.3) is 0 Å². The van der Waals surface area contributed by atoms with Crippen LogP contribution < -0.4 is 11.1 Å². The minimum absolute atomic E-state index is 0.0730. The summed E-state index contributed by atoms with van der Waals surface area (Å²) >= 11 is 0. The Labute approximate surface area is 147 Å². The highest BCUT2D eigenvalue weighted by Crippen LogP contribution is 2.20. The molecule has 8 heteroatoms. The van der Waals surface area contributed by atoms with Gasteiger partial charge < -0.3 is 16.2 Å². The zero-order chi connectivity index (χ0) is 18.2. The highest BCUT2D eigenvalue weighted by molar-refractivity contribution is 5.78. The van der Waals surface area contributed by atoms with Gasteiger partial charge in [-0.15, -0.1) is 10.2 Å². The minimum atomic E-state index is -0.761. The highest BCUT2D eigenvalue weighted by Gasteiger charge is 2.28. The lowest BCUT2D eigenvalue weighted by atomic mass is 9.86.